The summed E-state index contributed by atoms with van der Waals surface area (Å²) in [6.07, 6.45) is -0.774. The number of likely N-dealkylation sites (N-methyl/N-ethyl adjacent to an activating group) is 1. The van der Waals surface area contributed by atoms with E-state index in [1.165, 1.54) is 0 Å². The predicted molar refractivity (Wildman–Crippen MR) is 107 cm³/mol. The third-order valence-corrected chi connectivity index (χ3v) is 4.12. The minimum atomic E-state index is -0.774. The van der Waals surface area contributed by atoms with E-state index in [2.05, 4.69) is 15.4 Å². The number of quaternary nitrogens is 1. The lowest BCUT2D eigenvalue weighted by Crippen LogP contribution is -3.14. The van der Waals surface area contributed by atoms with Gasteiger partial charge in [0.25, 0.3) is 11.8 Å². The summed E-state index contributed by atoms with van der Waals surface area (Å²) >= 11 is 0. The van der Waals surface area contributed by atoms with Crippen LogP contribution in [0.2, 0.25) is 0 Å². The van der Waals surface area contributed by atoms with Crippen molar-refractivity contribution in [2.24, 2.45) is 0 Å². The summed E-state index contributed by atoms with van der Waals surface area (Å²) in [7, 11) is 0. The normalized spacial score (nSPS) is 11.4. The van der Waals surface area contributed by atoms with Crippen LogP contribution in [0.1, 0.15) is 13.8 Å². The van der Waals surface area contributed by atoms with Gasteiger partial charge in [-0.1, -0.05) is 48.5 Å². The summed E-state index contributed by atoms with van der Waals surface area (Å²) in [5, 5.41) is 5.07. The molecule has 0 aliphatic rings. The molecule has 3 amide bonds. The molecule has 2 aromatic carbocycles. The fourth-order valence-electron chi connectivity index (χ4n) is 2.75. The van der Waals surface area contributed by atoms with Gasteiger partial charge in [-0.25, -0.2) is 4.79 Å². The van der Waals surface area contributed by atoms with E-state index in [9.17, 15) is 14.4 Å². The van der Waals surface area contributed by atoms with Crippen LogP contribution in [0.25, 0.3) is 11.1 Å². The van der Waals surface area contributed by atoms with E-state index in [0.717, 1.165) is 16.0 Å². The first-order chi connectivity index (χ1) is 13.5. The van der Waals surface area contributed by atoms with Gasteiger partial charge in [0.05, 0.1) is 13.2 Å². The Kier molecular flexibility index (Phi) is 8.17. The minimum absolute atomic E-state index is 0.00304. The highest BCUT2D eigenvalue weighted by Crippen LogP contribution is 2.27. The molecule has 3 N–H and O–H groups in total. The lowest BCUT2D eigenvalue weighted by atomic mass is 10.0. The standard InChI is InChI=1S/C21H25N3O4/c1-3-24(15-20(26)23-21(27)28-4-2)14-19(25)22-18-13-9-8-12-17(18)16-10-6-5-7-11-16/h5-13H,3-4,14-15H2,1-2H3,(H,22,25)(H,23,26,27)/p+1. The van der Waals surface area contributed by atoms with Crippen molar-refractivity contribution >= 4 is 23.6 Å². The van der Waals surface area contributed by atoms with E-state index in [-0.39, 0.29) is 25.6 Å². The highest BCUT2D eigenvalue weighted by atomic mass is 16.5. The van der Waals surface area contributed by atoms with Crippen LogP contribution < -0.4 is 15.5 Å². The molecule has 0 spiro atoms. The van der Waals surface area contributed by atoms with E-state index >= 15 is 0 Å². The summed E-state index contributed by atoms with van der Waals surface area (Å²) < 4.78 is 4.68. The minimum Gasteiger partial charge on any atom is -0.450 e. The van der Waals surface area contributed by atoms with Crippen molar-refractivity contribution in [2.75, 3.05) is 31.6 Å². The van der Waals surface area contributed by atoms with E-state index in [0.29, 0.717) is 12.2 Å². The van der Waals surface area contributed by atoms with Gasteiger partial charge in [0.1, 0.15) is 0 Å². The molecule has 0 aromatic heterocycles. The first-order valence-electron chi connectivity index (χ1n) is 9.28. The quantitative estimate of drug-likeness (QED) is 0.643. The highest BCUT2D eigenvalue weighted by molar-refractivity contribution is 5.96. The van der Waals surface area contributed by atoms with Gasteiger partial charge in [-0.05, 0) is 25.5 Å². The Morgan fingerprint density at radius 3 is 2.21 bits per heavy atom. The molecule has 1 unspecified atom stereocenters. The highest BCUT2D eigenvalue weighted by Gasteiger charge is 2.19. The van der Waals surface area contributed by atoms with Crippen molar-refractivity contribution in [3.8, 4) is 11.1 Å². The zero-order valence-electron chi connectivity index (χ0n) is 16.2. The Balaban J connectivity index is 1.97. The molecule has 0 radical (unpaired) electrons. The van der Waals surface area contributed by atoms with Gasteiger partial charge < -0.3 is 15.0 Å². The summed E-state index contributed by atoms with van der Waals surface area (Å²) in [5.74, 6) is -0.683. The lowest BCUT2D eigenvalue weighted by Gasteiger charge is -2.17. The molecule has 0 heterocycles. The molecule has 7 heteroatoms. The average molecular weight is 384 g/mol. The zero-order valence-corrected chi connectivity index (χ0v) is 16.2. The molecule has 0 saturated carbocycles. The van der Waals surface area contributed by atoms with Crippen molar-refractivity contribution in [3.63, 3.8) is 0 Å². The van der Waals surface area contributed by atoms with Crippen molar-refractivity contribution < 1.29 is 24.0 Å². The van der Waals surface area contributed by atoms with Crippen LogP contribution in [0.4, 0.5) is 10.5 Å². The van der Waals surface area contributed by atoms with E-state index in [1.807, 2.05) is 61.5 Å². The molecule has 2 rings (SSSR count). The summed E-state index contributed by atoms with van der Waals surface area (Å²) in [5.41, 5.74) is 2.64. The van der Waals surface area contributed by atoms with Gasteiger partial charge in [-0.2, -0.15) is 0 Å². The number of para-hydroxylation sites is 1. The van der Waals surface area contributed by atoms with Crippen LogP contribution in [0, 0.1) is 0 Å². The molecule has 7 nitrogen and oxygen atoms in total. The topological polar surface area (TPSA) is 88.9 Å². The van der Waals surface area contributed by atoms with Crippen LogP contribution in [-0.4, -0.2) is 44.1 Å². The second kappa shape index (κ2) is 10.8. The number of nitrogens with one attached hydrogen (secondary N) is 3. The number of benzene rings is 2. The molecule has 0 saturated heterocycles. The molecule has 2 aromatic rings. The number of imide groups is 1. The maximum atomic E-state index is 12.5. The summed E-state index contributed by atoms with van der Waals surface area (Å²) in [6, 6.07) is 17.4. The summed E-state index contributed by atoms with van der Waals surface area (Å²) in [6.45, 7) is 4.39. The van der Waals surface area contributed by atoms with Gasteiger partial charge >= 0.3 is 6.09 Å². The molecule has 0 bridgehead atoms. The lowest BCUT2D eigenvalue weighted by molar-refractivity contribution is -0.881. The molecule has 0 aliphatic heterocycles. The summed E-state index contributed by atoms with van der Waals surface area (Å²) in [4.78, 5) is 36.5. The number of alkyl carbamates (subject to hydrolysis) is 1. The van der Waals surface area contributed by atoms with Crippen LogP contribution in [0.3, 0.4) is 0 Å². The first-order valence-corrected chi connectivity index (χ1v) is 9.28. The van der Waals surface area contributed by atoms with Crippen molar-refractivity contribution in [2.45, 2.75) is 13.8 Å². The predicted octanol–water partition coefficient (Wildman–Crippen LogP) is 1.47. The molecule has 148 valence electrons. The van der Waals surface area contributed by atoms with Gasteiger partial charge in [0.15, 0.2) is 13.1 Å². The van der Waals surface area contributed by atoms with Gasteiger partial charge in [-0.3, -0.25) is 14.9 Å². The SMILES string of the molecule is CCOC(=O)NC(=O)C[NH+](CC)CC(=O)Nc1ccccc1-c1ccccc1. The number of ether oxygens (including phenoxy) is 1. The number of carbonyl (C=O) groups is 3. The number of rotatable bonds is 8. The molecule has 28 heavy (non-hydrogen) atoms. The average Bonchev–Trinajstić information content (AvgIpc) is 2.68. The number of hydrogen-bond acceptors (Lipinski definition) is 4. The van der Waals surface area contributed by atoms with Crippen molar-refractivity contribution in [3.05, 3.63) is 54.6 Å². The van der Waals surface area contributed by atoms with Crippen LogP contribution >= 0.6 is 0 Å². The maximum absolute atomic E-state index is 12.5. The Morgan fingerprint density at radius 2 is 1.54 bits per heavy atom. The molecular formula is C21H26N3O4+. The van der Waals surface area contributed by atoms with E-state index < -0.39 is 12.0 Å². The van der Waals surface area contributed by atoms with Gasteiger partial charge in [-0.15, -0.1) is 0 Å². The molecule has 0 fully saturated rings. The number of hydrogen-bond donors (Lipinski definition) is 3. The Labute approximate surface area is 164 Å². The van der Waals surface area contributed by atoms with Gasteiger partial charge in [0.2, 0.25) is 0 Å². The Morgan fingerprint density at radius 1 is 0.893 bits per heavy atom. The second-order valence-corrected chi connectivity index (χ2v) is 6.19. The smallest absolute Gasteiger partial charge is 0.414 e. The van der Waals surface area contributed by atoms with Crippen LogP contribution in [-0.2, 0) is 14.3 Å². The number of carbonyl (C=O) groups excluding carboxylic acids is 3. The van der Waals surface area contributed by atoms with Crippen molar-refractivity contribution in [1.82, 2.24) is 5.32 Å². The van der Waals surface area contributed by atoms with Gasteiger partial charge in [0, 0.05) is 11.3 Å². The molecule has 0 aliphatic carbocycles. The third kappa shape index (κ3) is 6.51. The monoisotopic (exact) mass is 384 g/mol. The number of amides is 3. The molecular weight excluding hydrogens is 358 g/mol. The maximum Gasteiger partial charge on any atom is 0.414 e. The fraction of sp³-hybridized carbons (Fsp3) is 0.286. The largest absolute Gasteiger partial charge is 0.450 e. The van der Waals surface area contributed by atoms with Crippen LogP contribution in [0.15, 0.2) is 54.6 Å². The van der Waals surface area contributed by atoms with Crippen LogP contribution in [0.5, 0.6) is 0 Å². The van der Waals surface area contributed by atoms with E-state index in [1.54, 1.807) is 6.92 Å². The number of anilines is 1. The zero-order chi connectivity index (χ0) is 20.4. The molecule has 1 atom stereocenters. The Hall–Kier alpha value is -3.19. The fourth-order valence-corrected chi connectivity index (χ4v) is 2.75. The third-order valence-electron chi connectivity index (χ3n) is 4.12. The van der Waals surface area contributed by atoms with Crippen molar-refractivity contribution in [1.29, 1.82) is 0 Å². The van der Waals surface area contributed by atoms with E-state index in [4.69, 9.17) is 0 Å². The second-order valence-electron chi connectivity index (χ2n) is 6.19. The Bertz CT molecular complexity index is 808. The first kappa shape index (κ1) is 21.1.